The molecule has 0 saturated carbocycles. The van der Waals surface area contributed by atoms with Crippen molar-refractivity contribution in [1.29, 1.82) is 0 Å². The van der Waals surface area contributed by atoms with Gasteiger partial charge < -0.3 is 9.72 Å². The number of imidazole rings is 1. The van der Waals surface area contributed by atoms with Crippen LogP contribution < -0.4 is 5.32 Å². The second-order valence-corrected chi connectivity index (χ2v) is 9.76. The first-order valence-electron chi connectivity index (χ1n) is 10.6. The fraction of sp³-hybridized carbons (Fsp3) is 0.0800. The molecule has 170 valence electrons. The first-order chi connectivity index (χ1) is 16.4. The predicted molar refractivity (Wildman–Crippen MR) is 127 cm³/mol. The van der Waals surface area contributed by atoms with E-state index >= 15 is 0 Å². The Labute approximate surface area is 196 Å². The van der Waals surface area contributed by atoms with E-state index in [0.717, 1.165) is 16.9 Å². The van der Waals surface area contributed by atoms with Gasteiger partial charge in [-0.15, -0.1) is 0 Å². The van der Waals surface area contributed by atoms with Crippen molar-refractivity contribution < 1.29 is 13.2 Å². The standard InChI is InChI=1S/C25H21N5O3S/c1-18-15-21(30-13-2-11-28-30)6-9-23(18)34(32,33)22-7-3-19(4-8-22)16-27-25(31)20-5-10-24-26-12-14-29(24)17-20/h2-15,17H,16H2,1H3,(H,27,31). The molecule has 5 aromatic rings. The number of carbonyl (C=O) groups is 1. The number of amides is 1. The van der Waals surface area contributed by atoms with Gasteiger partial charge in [0.05, 0.1) is 21.0 Å². The zero-order valence-corrected chi connectivity index (χ0v) is 19.1. The maximum atomic E-state index is 13.2. The Morgan fingerprint density at radius 2 is 1.82 bits per heavy atom. The van der Waals surface area contributed by atoms with E-state index in [1.54, 1.807) is 102 Å². The highest BCUT2D eigenvalue weighted by Crippen LogP contribution is 2.26. The normalized spacial score (nSPS) is 11.6. The number of nitrogens with zero attached hydrogens (tertiary/aromatic N) is 4. The van der Waals surface area contributed by atoms with Gasteiger partial charge in [-0.2, -0.15) is 5.10 Å². The molecule has 0 fully saturated rings. The summed E-state index contributed by atoms with van der Waals surface area (Å²) in [5.41, 5.74) is 3.50. The SMILES string of the molecule is Cc1cc(-n2cccn2)ccc1S(=O)(=O)c1ccc(CNC(=O)c2ccc3nccn3c2)cc1. The molecule has 0 aliphatic carbocycles. The van der Waals surface area contributed by atoms with E-state index in [0.29, 0.717) is 11.1 Å². The van der Waals surface area contributed by atoms with Gasteiger partial charge in [0.15, 0.2) is 0 Å². The van der Waals surface area contributed by atoms with Crippen LogP contribution in [-0.2, 0) is 16.4 Å². The number of hydrogen-bond acceptors (Lipinski definition) is 5. The molecule has 0 spiro atoms. The highest BCUT2D eigenvalue weighted by Gasteiger charge is 2.20. The topological polar surface area (TPSA) is 98.4 Å². The lowest BCUT2D eigenvalue weighted by Crippen LogP contribution is -2.23. The second kappa shape index (κ2) is 8.60. The molecule has 5 rings (SSSR count). The largest absolute Gasteiger partial charge is 0.348 e. The van der Waals surface area contributed by atoms with Gasteiger partial charge in [-0.05, 0) is 66.6 Å². The third kappa shape index (κ3) is 4.08. The quantitative estimate of drug-likeness (QED) is 0.408. The summed E-state index contributed by atoms with van der Waals surface area (Å²) in [5, 5.41) is 7.04. The average molecular weight is 472 g/mol. The summed E-state index contributed by atoms with van der Waals surface area (Å²) >= 11 is 0. The van der Waals surface area contributed by atoms with Crippen LogP contribution in [0.15, 0.2) is 101 Å². The molecule has 0 bridgehead atoms. The van der Waals surface area contributed by atoms with Crippen LogP contribution in [0.1, 0.15) is 21.5 Å². The van der Waals surface area contributed by atoms with E-state index in [2.05, 4.69) is 15.4 Å². The molecule has 9 heteroatoms. The number of aryl methyl sites for hydroxylation is 1. The molecule has 1 N–H and O–H groups in total. The molecule has 0 aliphatic heterocycles. The number of benzene rings is 2. The molecule has 0 saturated heterocycles. The smallest absolute Gasteiger partial charge is 0.253 e. The Morgan fingerprint density at radius 3 is 2.56 bits per heavy atom. The van der Waals surface area contributed by atoms with Crippen LogP contribution >= 0.6 is 0 Å². The Kier molecular flexibility index (Phi) is 5.46. The van der Waals surface area contributed by atoms with E-state index in [9.17, 15) is 13.2 Å². The summed E-state index contributed by atoms with van der Waals surface area (Å²) in [6, 6.07) is 17.0. The van der Waals surface area contributed by atoms with Crippen molar-refractivity contribution in [3.8, 4) is 5.69 Å². The molecular formula is C25H21N5O3S. The summed E-state index contributed by atoms with van der Waals surface area (Å²) in [7, 11) is -3.69. The molecule has 3 heterocycles. The van der Waals surface area contributed by atoms with E-state index < -0.39 is 9.84 Å². The van der Waals surface area contributed by atoms with Crippen LogP contribution in [0.2, 0.25) is 0 Å². The lowest BCUT2D eigenvalue weighted by molar-refractivity contribution is 0.0950. The van der Waals surface area contributed by atoms with Gasteiger partial charge in [0.25, 0.3) is 5.91 Å². The Hall–Kier alpha value is -4.24. The van der Waals surface area contributed by atoms with E-state index in [4.69, 9.17) is 0 Å². The number of fused-ring (bicyclic) bond motifs is 1. The highest BCUT2D eigenvalue weighted by molar-refractivity contribution is 7.91. The summed E-state index contributed by atoms with van der Waals surface area (Å²) < 4.78 is 29.9. The third-order valence-electron chi connectivity index (χ3n) is 5.55. The average Bonchev–Trinajstić information content (AvgIpc) is 3.54. The third-order valence-corrected chi connectivity index (χ3v) is 7.48. The van der Waals surface area contributed by atoms with E-state index in [1.165, 1.54) is 0 Å². The monoisotopic (exact) mass is 471 g/mol. The van der Waals surface area contributed by atoms with Crippen molar-refractivity contribution >= 4 is 21.4 Å². The van der Waals surface area contributed by atoms with E-state index in [-0.39, 0.29) is 22.2 Å². The molecule has 1 amide bonds. The van der Waals surface area contributed by atoms with Gasteiger partial charge in [-0.3, -0.25) is 4.79 Å². The first-order valence-corrected chi connectivity index (χ1v) is 12.1. The number of aromatic nitrogens is 4. The second-order valence-electron chi connectivity index (χ2n) is 7.84. The fourth-order valence-electron chi connectivity index (χ4n) is 3.75. The van der Waals surface area contributed by atoms with Crippen LogP contribution in [0.25, 0.3) is 11.3 Å². The van der Waals surface area contributed by atoms with Gasteiger partial charge in [-0.1, -0.05) is 12.1 Å². The lowest BCUT2D eigenvalue weighted by Gasteiger charge is -2.11. The van der Waals surface area contributed by atoms with Gasteiger partial charge in [0, 0.05) is 37.5 Å². The maximum Gasteiger partial charge on any atom is 0.253 e. The summed E-state index contributed by atoms with van der Waals surface area (Å²) in [6.07, 6.45) is 8.63. The van der Waals surface area contributed by atoms with Crippen LogP contribution in [0.5, 0.6) is 0 Å². The molecule has 3 aromatic heterocycles. The number of rotatable bonds is 6. The van der Waals surface area contributed by atoms with Crippen molar-refractivity contribution in [2.75, 3.05) is 0 Å². The minimum atomic E-state index is -3.69. The zero-order chi connectivity index (χ0) is 23.7. The van der Waals surface area contributed by atoms with Crippen molar-refractivity contribution in [2.24, 2.45) is 0 Å². The molecule has 0 aliphatic rings. The minimum Gasteiger partial charge on any atom is -0.348 e. The first kappa shape index (κ1) is 21.6. The summed E-state index contributed by atoms with van der Waals surface area (Å²) in [4.78, 5) is 17.1. The van der Waals surface area contributed by atoms with Crippen LogP contribution in [0.3, 0.4) is 0 Å². The number of sulfone groups is 1. The van der Waals surface area contributed by atoms with Gasteiger partial charge >= 0.3 is 0 Å². The van der Waals surface area contributed by atoms with Crippen molar-refractivity contribution in [3.05, 3.63) is 108 Å². The molecular weight excluding hydrogens is 450 g/mol. The molecule has 34 heavy (non-hydrogen) atoms. The summed E-state index contributed by atoms with van der Waals surface area (Å²) in [6.45, 7) is 2.05. The molecule has 2 aromatic carbocycles. The number of carbonyl (C=O) groups excluding carboxylic acids is 1. The fourth-order valence-corrected chi connectivity index (χ4v) is 5.23. The number of hydrogen-bond donors (Lipinski definition) is 1. The van der Waals surface area contributed by atoms with Crippen molar-refractivity contribution in [2.45, 2.75) is 23.3 Å². The van der Waals surface area contributed by atoms with Crippen LogP contribution in [0, 0.1) is 6.92 Å². The van der Waals surface area contributed by atoms with Crippen LogP contribution in [-0.4, -0.2) is 33.5 Å². The van der Waals surface area contributed by atoms with Gasteiger partial charge in [-0.25, -0.2) is 18.1 Å². The van der Waals surface area contributed by atoms with Gasteiger partial charge in [0.2, 0.25) is 9.84 Å². The Bertz CT molecular complexity index is 1590. The molecule has 0 radical (unpaired) electrons. The minimum absolute atomic E-state index is 0.197. The molecule has 8 nitrogen and oxygen atoms in total. The Morgan fingerprint density at radius 1 is 1.00 bits per heavy atom. The Balaban J connectivity index is 1.29. The molecule has 0 atom stereocenters. The van der Waals surface area contributed by atoms with Gasteiger partial charge in [0.1, 0.15) is 5.65 Å². The lowest BCUT2D eigenvalue weighted by atomic mass is 10.2. The highest BCUT2D eigenvalue weighted by atomic mass is 32.2. The van der Waals surface area contributed by atoms with Crippen LogP contribution in [0.4, 0.5) is 0 Å². The maximum absolute atomic E-state index is 13.2. The van der Waals surface area contributed by atoms with Crippen molar-refractivity contribution in [1.82, 2.24) is 24.5 Å². The number of nitrogens with one attached hydrogen (secondary N) is 1. The predicted octanol–water partition coefficient (Wildman–Crippen LogP) is 3.59. The van der Waals surface area contributed by atoms with E-state index in [1.807, 2.05) is 6.07 Å². The number of pyridine rings is 1. The summed E-state index contributed by atoms with van der Waals surface area (Å²) in [5.74, 6) is -0.222. The molecule has 0 unspecified atom stereocenters. The van der Waals surface area contributed by atoms with Crippen molar-refractivity contribution in [3.63, 3.8) is 0 Å². The zero-order valence-electron chi connectivity index (χ0n) is 18.3.